The monoisotopic (exact) mass is 402 g/mol. The first-order valence-electron chi connectivity index (χ1n) is 7.74. The summed E-state index contributed by atoms with van der Waals surface area (Å²) in [7, 11) is 0. The van der Waals surface area contributed by atoms with Gasteiger partial charge in [0.15, 0.2) is 0 Å². The maximum absolute atomic E-state index is 13.2. The predicted octanol–water partition coefficient (Wildman–Crippen LogP) is 6.05. The van der Waals surface area contributed by atoms with Gasteiger partial charge < -0.3 is 0 Å². The minimum Gasteiger partial charge on any atom is -0.271 e. The van der Waals surface area contributed by atoms with Crippen LogP contribution in [0.1, 0.15) is 17.5 Å². The van der Waals surface area contributed by atoms with Crippen LogP contribution in [0.5, 0.6) is 0 Å². The van der Waals surface area contributed by atoms with E-state index >= 15 is 0 Å². The minimum atomic E-state index is -3.09. The summed E-state index contributed by atoms with van der Waals surface area (Å²) >= 11 is 18.4. The van der Waals surface area contributed by atoms with E-state index in [9.17, 15) is 4.57 Å². The summed E-state index contributed by atoms with van der Waals surface area (Å²) in [5.74, 6) is 0. The molecule has 1 aliphatic rings. The molecule has 2 aromatic carbocycles. The quantitative estimate of drug-likeness (QED) is 0.581. The number of benzene rings is 2. The smallest absolute Gasteiger partial charge is 0.271 e. The molecule has 3 nitrogen and oxygen atoms in total. The Bertz CT molecular complexity index is 677. The van der Waals surface area contributed by atoms with E-state index in [1.54, 1.807) is 0 Å². The third kappa shape index (κ3) is 4.35. The Labute approximate surface area is 157 Å². The van der Waals surface area contributed by atoms with E-state index < -0.39 is 6.80 Å². The molecule has 3 rings (SSSR count). The average Bonchev–Trinajstić information content (AvgIpc) is 2.55. The second kappa shape index (κ2) is 7.78. The first-order valence-corrected chi connectivity index (χ1v) is 11.0. The second-order valence-electron chi connectivity index (χ2n) is 5.86. The number of nitrogens with zero attached hydrogens (tertiary/aromatic N) is 2. The molecule has 0 atom stereocenters. The van der Waals surface area contributed by atoms with Crippen molar-refractivity contribution in [2.24, 2.45) is 0 Å². The van der Waals surface area contributed by atoms with Gasteiger partial charge in [0.2, 0.25) is 0 Å². The molecule has 2 aromatic rings. The zero-order valence-electron chi connectivity index (χ0n) is 13.0. The summed E-state index contributed by atoms with van der Waals surface area (Å²) in [6, 6.07) is 15.1. The fourth-order valence-electron chi connectivity index (χ4n) is 2.79. The van der Waals surface area contributed by atoms with Gasteiger partial charge >= 0.3 is 6.80 Å². The standard InChI is InChI=1S/C17H18Cl3N2OP/c18-16-6-2-14(3-7-16)12-21-10-1-11-22(24(21,20)23)13-15-4-8-17(19)9-5-15/h2-9H,1,10-13H2. The highest BCUT2D eigenvalue weighted by atomic mass is 35.7. The van der Waals surface area contributed by atoms with Crippen LogP contribution < -0.4 is 0 Å². The van der Waals surface area contributed by atoms with Crippen molar-refractivity contribution >= 4 is 41.2 Å². The highest BCUT2D eigenvalue weighted by Crippen LogP contribution is 2.61. The van der Waals surface area contributed by atoms with E-state index in [1.807, 2.05) is 57.9 Å². The Morgan fingerprint density at radius 3 is 1.54 bits per heavy atom. The first kappa shape index (κ1) is 18.3. The molecule has 1 saturated heterocycles. The van der Waals surface area contributed by atoms with E-state index in [-0.39, 0.29) is 0 Å². The lowest BCUT2D eigenvalue weighted by molar-refractivity contribution is 0.281. The third-order valence-corrected chi connectivity index (χ3v) is 7.95. The first-order chi connectivity index (χ1) is 11.4. The zero-order chi connectivity index (χ0) is 17.2. The summed E-state index contributed by atoms with van der Waals surface area (Å²) in [6.07, 6.45) is 0.928. The van der Waals surface area contributed by atoms with E-state index in [0.717, 1.165) is 30.6 Å². The molecule has 0 radical (unpaired) electrons. The van der Waals surface area contributed by atoms with Crippen LogP contribution in [-0.4, -0.2) is 22.4 Å². The van der Waals surface area contributed by atoms with Crippen LogP contribution in [0, 0.1) is 0 Å². The van der Waals surface area contributed by atoms with Gasteiger partial charge in [0.05, 0.1) is 0 Å². The van der Waals surface area contributed by atoms with Crippen molar-refractivity contribution in [1.82, 2.24) is 9.34 Å². The number of hydrogen-bond donors (Lipinski definition) is 0. The Morgan fingerprint density at radius 1 is 0.792 bits per heavy atom. The van der Waals surface area contributed by atoms with Crippen LogP contribution in [0.25, 0.3) is 0 Å². The van der Waals surface area contributed by atoms with Gasteiger partial charge in [-0.15, -0.1) is 0 Å². The summed E-state index contributed by atoms with van der Waals surface area (Å²) in [5, 5.41) is 1.38. The molecule has 7 heteroatoms. The molecule has 0 aromatic heterocycles. The summed E-state index contributed by atoms with van der Waals surface area (Å²) in [4.78, 5) is 0. The van der Waals surface area contributed by atoms with Gasteiger partial charge in [0.25, 0.3) is 0 Å². The van der Waals surface area contributed by atoms with Crippen molar-refractivity contribution in [1.29, 1.82) is 0 Å². The molecule has 128 valence electrons. The molecule has 0 bridgehead atoms. The van der Waals surface area contributed by atoms with Gasteiger partial charge in [-0.1, -0.05) is 47.5 Å². The topological polar surface area (TPSA) is 23.6 Å². The molecule has 0 amide bonds. The molecule has 0 spiro atoms. The fraction of sp³-hybridized carbons (Fsp3) is 0.294. The molecule has 1 fully saturated rings. The minimum absolute atomic E-state index is 0.551. The second-order valence-corrected chi connectivity index (χ2v) is 10.1. The van der Waals surface area contributed by atoms with Gasteiger partial charge in [-0.25, -0.2) is 9.34 Å². The van der Waals surface area contributed by atoms with Crippen LogP contribution in [0.15, 0.2) is 48.5 Å². The molecule has 0 unspecified atom stereocenters. The van der Waals surface area contributed by atoms with E-state index in [0.29, 0.717) is 23.1 Å². The largest absolute Gasteiger partial charge is 0.305 e. The van der Waals surface area contributed by atoms with Crippen LogP contribution in [0.4, 0.5) is 0 Å². The Morgan fingerprint density at radius 2 is 1.17 bits per heavy atom. The fourth-order valence-corrected chi connectivity index (χ4v) is 5.63. The molecule has 0 aliphatic carbocycles. The normalized spacial score (nSPS) is 18.6. The van der Waals surface area contributed by atoms with Gasteiger partial charge in [0.1, 0.15) is 0 Å². The lowest BCUT2D eigenvalue weighted by atomic mass is 10.2. The zero-order valence-corrected chi connectivity index (χ0v) is 16.2. The molecule has 1 heterocycles. The lowest BCUT2D eigenvalue weighted by Gasteiger charge is -2.39. The van der Waals surface area contributed by atoms with Crippen molar-refractivity contribution < 1.29 is 4.57 Å². The maximum atomic E-state index is 13.2. The number of hydrogen-bond acceptors (Lipinski definition) is 1. The predicted molar refractivity (Wildman–Crippen MR) is 102 cm³/mol. The Balaban J connectivity index is 1.73. The van der Waals surface area contributed by atoms with E-state index in [4.69, 9.17) is 34.4 Å². The van der Waals surface area contributed by atoms with Gasteiger partial charge in [-0.2, -0.15) is 0 Å². The van der Waals surface area contributed by atoms with Crippen molar-refractivity contribution in [3.05, 3.63) is 69.7 Å². The van der Waals surface area contributed by atoms with Crippen LogP contribution in [-0.2, 0) is 17.7 Å². The van der Waals surface area contributed by atoms with Gasteiger partial charge in [-0.05, 0) is 53.1 Å². The molecular formula is C17H18Cl3N2OP. The summed E-state index contributed by atoms with van der Waals surface area (Å²) in [5.41, 5.74) is 2.10. The number of rotatable bonds is 4. The van der Waals surface area contributed by atoms with Crippen LogP contribution >= 0.6 is 41.2 Å². The average molecular weight is 404 g/mol. The number of halogens is 3. The van der Waals surface area contributed by atoms with E-state index in [2.05, 4.69) is 0 Å². The maximum Gasteiger partial charge on any atom is 0.305 e. The van der Waals surface area contributed by atoms with Crippen molar-refractivity contribution in [2.75, 3.05) is 13.1 Å². The summed E-state index contributed by atoms with van der Waals surface area (Å²) in [6.45, 7) is -0.542. The highest BCUT2D eigenvalue weighted by Gasteiger charge is 2.38. The van der Waals surface area contributed by atoms with Crippen LogP contribution in [0.3, 0.4) is 0 Å². The molecular weight excluding hydrogens is 386 g/mol. The SMILES string of the molecule is O=P1(Cl)N(Cc2ccc(Cl)cc2)CCCN1Cc1ccc(Cl)cc1. The summed E-state index contributed by atoms with van der Waals surface area (Å²) < 4.78 is 16.9. The van der Waals surface area contributed by atoms with Gasteiger partial charge in [0, 0.05) is 36.2 Å². The highest BCUT2D eigenvalue weighted by molar-refractivity contribution is 7.85. The lowest BCUT2D eigenvalue weighted by Crippen LogP contribution is -2.36. The molecule has 1 aliphatic heterocycles. The third-order valence-electron chi connectivity index (χ3n) is 4.09. The van der Waals surface area contributed by atoms with Crippen molar-refractivity contribution in [2.45, 2.75) is 19.5 Å². The van der Waals surface area contributed by atoms with Crippen LogP contribution in [0.2, 0.25) is 10.0 Å². The van der Waals surface area contributed by atoms with E-state index in [1.165, 1.54) is 0 Å². The molecule has 0 saturated carbocycles. The van der Waals surface area contributed by atoms with Crippen molar-refractivity contribution in [3.63, 3.8) is 0 Å². The Hall–Kier alpha value is -0.540. The Kier molecular flexibility index (Phi) is 5.92. The molecule has 24 heavy (non-hydrogen) atoms. The van der Waals surface area contributed by atoms with Crippen molar-refractivity contribution in [3.8, 4) is 0 Å². The van der Waals surface area contributed by atoms with Gasteiger partial charge in [-0.3, -0.25) is 4.57 Å². The molecule has 0 N–H and O–H groups in total.